The fourth-order valence-electron chi connectivity index (χ4n) is 0.876. The number of ether oxygens (including phenoxy) is 1. The maximum Gasteiger partial charge on any atom is 0.342 e. The molecule has 1 rings (SSSR count). The summed E-state index contributed by atoms with van der Waals surface area (Å²) in [6.07, 6.45) is 3.16. The third kappa shape index (κ3) is 10.9. The molecule has 0 unspecified atom stereocenters. The third-order valence-electron chi connectivity index (χ3n) is 1.71. The van der Waals surface area contributed by atoms with Gasteiger partial charge in [-0.05, 0) is 18.6 Å². The molecule has 3 heteroatoms. The lowest BCUT2D eigenvalue weighted by Gasteiger charge is -1.96. The van der Waals surface area contributed by atoms with Crippen molar-refractivity contribution >= 4 is 5.97 Å². The molecule has 0 aliphatic carbocycles. The molecule has 0 amide bonds. The van der Waals surface area contributed by atoms with Crippen LogP contribution in [0.15, 0.2) is 43.2 Å². The molecular formula is C15H24O3. The van der Waals surface area contributed by atoms with Gasteiger partial charge in [0.2, 0.25) is 0 Å². The lowest BCUT2D eigenvalue weighted by Crippen LogP contribution is -1.98. The molecule has 0 saturated heterocycles. The van der Waals surface area contributed by atoms with Crippen LogP contribution in [-0.4, -0.2) is 17.7 Å². The summed E-state index contributed by atoms with van der Waals surface area (Å²) in [7, 11) is 0. The second kappa shape index (κ2) is 15.4. The van der Waals surface area contributed by atoms with Crippen LogP contribution in [0.1, 0.15) is 44.0 Å². The van der Waals surface area contributed by atoms with E-state index in [0.29, 0.717) is 12.2 Å². The number of aliphatic hydroxyl groups is 1. The maximum absolute atomic E-state index is 11.0. The number of aliphatic hydroxyl groups excluding tert-OH is 1. The van der Waals surface area contributed by atoms with Gasteiger partial charge < -0.3 is 9.84 Å². The first-order valence-electron chi connectivity index (χ1n) is 6.24. The zero-order chi connectivity index (χ0) is 14.2. The first-order chi connectivity index (χ1) is 8.76. The summed E-state index contributed by atoms with van der Waals surface area (Å²) in [6, 6.07) is 8.77. The number of benzene rings is 1. The molecule has 0 radical (unpaired) electrons. The van der Waals surface area contributed by atoms with Crippen LogP contribution >= 0.6 is 0 Å². The van der Waals surface area contributed by atoms with Crippen molar-refractivity contribution < 1.29 is 14.6 Å². The van der Waals surface area contributed by atoms with Crippen LogP contribution in [-0.2, 0) is 4.74 Å². The van der Waals surface area contributed by atoms with Crippen LogP contribution < -0.4 is 0 Å². The molecule has 18 heavy (non-hydrogen) atoms. The first kappa shape index (κ1) is 18.7. The topological polar surface area (TPSA) is 46.5 Å². The quantitative estimate of drug-likeness (QED) is 0.655. The van der Waals surface area contributed by atoms with Gasteiger partial charge in [-0.15, -0.1) is 0 Å². The molecule has 0 atom stereocenters. The van der Waals surface area contributed by atoms with E-state index < -0.39 is 0 Å². The average Bonchev–Trinajstić information content (AvgIpc) is 2.44. The SMILES string of the molecule is C=COC(=O)c1ccccc1.CC.CCCCO. The minimum Gasteiger partial charge on any atom is -0.432 e. The molecule has 0 spiro atoms. The Morgan fingerprint density at radius 1 is 1.33 bits per heavy atom. The lowest BCUT2D eigenvalue weighted by atomic mass is 10.2. The number of rotatable bonds is 4. The van der Waals surface area contributed by atoms with Crippen molar-refractivity contribution in [3.05, 3.63) is 48.7 Å². The maximum atomic E-state index is 11.0. The van der Waals surface area contributed by atoms with E-state index in [0.717, 1.165) is 19.1 Å². The molecule has 0 saturated carbocycles. The highest BCUT2D eigenvalue weighted by molar-refractivity contribution is 5.89. The molecule has 3 nitrogen and oxygen atoms in total. The van der Waals surface area contributed by atoms with Gasteiger partial charge in [0.1, 0.15) is 0 Å². The Morgan fingerprint density at radius 3 is 2.22 bits per heavy atom. The molecule has 0 aliphatic heterocycles. The Hall–Kier alpha value is -1.61. The van der Waals surface area contributed by atoms with Crippen molar-refractivity contribution in [1.82, 2.24) is 0 Å². The summed E-state index contributed by atoms with van der Waals surface area (Å²) >= 11 is 0. The number of hydrogen-bond donors (Lipinski definition) is 1. The highest BCUT2D eigenvalue weighted by Crippen LogP contribution is 2.00. The monoisotopic (exact) mass is 252 g/mol. The molecule has 1 N–H and O–H groups in total. The Labute approximate surface area is 110 Å². The molecule has 0 aromatic heterocycles. The van der Waals surface area contributed by atoms with Crippen molar-refractivity contribution in [2.45, 2.75) is 33.6 Å². The van der Waals surface area contributed by atoms with Crippen molar-refractivity contribution in [3.63, 3.8) is 0 Å². The Kier molecular flexibility index (Phi) is 16.0. The standard InChI is InChI=1S/C9H8O2.C4H10O.C2H6/c1-2-11-9(10)8-6-4-3-5-7-8;1-2-3-4-5;1-2/h2-7H,1H2;5H,2-4H2,1H3;1-2H3. The van der Waals surface area contributed by atoms with E-state index in [2.05, 4.69) is 18.2 Å². The Morgan fingerprint density at radius 2 is 1.89 bits per heavy atom. The Balaban J connectivity index is 0. The molecule has 1 aromatic carbocycles. The largest absolute Gasteiger partial charge is 0.432 e. The van der Waals surface area contributed by atoms with Gasteiger partial charge in [-0.2, -0.15) is 0 Å². The predicted octanol–water partition coefficient (Wildman–Crippen LogP) is 3.79. The van der Waals surface area contributed by atoms with Crippen LogP contribution in [0.5, 0.6) is 0 Å². The van der Waals surface area contributed by atoms with E-state index in [-0.39, 0.29) is 5.97 Å². The molecule has 0 aliphatic rings. The lowest BCUT2D eigenvalue weighted by molar-refractivity contribution is 0.0664. The third-order valence-corrected chi connectivity index (χ3v) is 1.71. The Bertz CT molecular complexity index is 292. The smallest absolute Gasteiger partial charge is 0.342 e. The van der Waals surface area contributed by atoms with Gasteiger partial charge in [-0.3, -0.25) is 0 Å². The van der Waals surface area contributed by atoms with Crippen molar-refractivity contribution in [3.8, 4) is 0 Å². The average molecular weight is 252 g/mol. The van der Waals surface area contributed by atoms with Crippen LogP contribution in [0.3, 0.4) is 0 Å². The van der Waals surface area contributed by atoms with Crippen LogP contribution in [0.4, 0.5) is 0 Å². The summed E-state index contributed by atoms with van der Waals surface area (Å²) in [4.78, 5) is 11.0. The second-order valence-corrected chi connectivity index (χ2v) is 3.02. The van der Waals surface area contributed by atoms with Gasteiger partial charge in [0, 0.05) is 6.61 Å². The summed E-state index contributed by atoms with van der Waals surface area (Å²) in [5.41, 5.74) is 0.535. The molecular weight excluding hydrogens is 228 g/mol. The number of hydrogen-bond acceptors (Lipinski definition) is 3. The van der Waals surface area contributed by atoms with Crippen molar-refractivity contribution in [1.29, 1.82) is 0 Å². The summed E-state index contributed by atoms with van der Waals surface area (Å²) < 4.78 is 4.55. The van der Waals surface area contributed by atoms with E-state index in [1.54, 1.807) is 24.3 Å². The number of carbonyl (C=O) groups excluding carboxylic acids is 1. The summed E-state index contributed by atoms with van der Waals surface area (Å²) in [6.45, 7) is 9.68. The first-order valence-corrected chi connectivity index (χ1v) is 6.24. The molecule has 0 heterocycles. The fraction of sp³-hybridized carbons (Fsp3) is 0.400. The van der Waals surface area contributed by atoms with Crippen LogP contribution in [0.25, 0.3) is 0 Å². The minimum absolute atomic E-state index is 0.344. The zero-order valence-corrected chi connectivity index (χ0v) is 11.6. The van der Waals surface area contributed by atoms with Gasteiger partial charge in [0.15, 0.2) is 0 Å². The van der Waals surface area contributed by atoms with Crippen LogP contribution in [0, 0.1) is 0 Å². The molecule has 102 valence electrons. The number of unbranched alkanes of at least 4 members (excludes halogenated alkanes) is 1. The van der Waals surface area contributed by atoms with Gasteiger partial charge in [-0.1, -0.05) is 52.0 Å². The van der Waals surface area contributed by atoms with Gasteiger partial charge in [0.05, 0.1) is 11.8 Å². The van der Waals surface area contributed by atoms with E-state index >= 15 is 0 Å². The highest BCUT2D eigenvalue weighted by Gasteiger charge is 2.01. The van der Waals surface area contributed by atoms with E-state index in [9.17, 15) is 4.79 Å². The summed E-state index contributed by atoms with van der Waals surface area (Å²) in [5, 5.41) is 8.07. The molecule has 0 fully saturated rings. The normalized spacial score (nSPS) is 8.00. The zero-order valence-electron chi connectivity index (χ0n) is 11.6. The van der Waals surface area contributed by atoms with Gasteiger partial charge >= 0.3 is 5.97 Å². The van der Waals surface area contributed by atoms with Crippen molar-refractivity contribution in [2.24, 2.45) is 0 Å². The van der Waals surface area contributed by atoms with Crippen LogP contribution in [0.2, 0.25) is 0 Å². The molecule has 0 bridgehead atoms. The van der Waals surface area contributed by atoms with Gasteiger partial charge in [0.25, 0.3) is 0 Å². The van der Waals surface area contributed by atoms with E-state index in [1.807, 2.05) is 19.9 Å². The summed E-state index contributed by atoms with van der Waals surface area (Å²) in [5.74, 6) is -0.374. The fourth-order valence-corrected chi connectivity index (χ4v) is 0.876. The predicted molar refractivity (Wildman–Crippen MR) is 75.4 cm³/mol. The van der Waals surface area contributed by atoms with E-state index in [4.69, 9.17) is 5.11 Å². The number of esters is 1. The van der Waals surface area contributed by atoms with Crippen molar-refractivity contribution in [2.75, 3.05) is 6.61 Å². The van der Waals surface area contributed by atoms with Gasteiger partial charge in [-0.25, -0.2) is 4.79 Å². The van der Waals surface area contributed by atoms with E-state index in [1.165, 1.54) is 0 Å². The minimum atomic E-state index is -0.374. The molecule has 1 aromatic rings. The second-order valence-electron chi connectivity index (χ2n) is 3.02. The highest BCUT2D eigenvalue weighted by atomic mass is 16.5. The number of carbonyl (C=O) groups is 1.